The molecule has 0 heterocycles. The summed E-state index contributed by atoms with van der Waals surface area (Å²) >= 11 is 0. The Morgan fingerprint density at radius 1 is 0.667 bits per heavy atom. The van der Waals surface area contributed by atoms with Gasteiger partial charge >= 0.3 is 21.7 Å². The molecule has 0 unspecified atom stereocenters. The van der Waals surface area contributed by atoms with E-state index in [1.54, 1.807) is 55.9 Å². The van der Waals surface area contributed by atoms with E-state index >= 15 is 0 Å². The van der Waals surface area contributed by atoms with E-state index in [1.165, 1.54) is 0 Å². The second kappa shape index (κ2) is 36.5. The first kappa shape index (κ1) is 29.6. The van der Waals surface area contributed by atoms with Crippen molar-refractivity contribution in [2.75, 3.05) is 28.2 Å². The van der Waals surface area contributed by atoms with Gasteiger partial charge in [-0.25, -0.2) is 0 Å². The molecule has 5 heteroatoms. The molecule has 0 spiro atoms. The Labute approximate surface area is 111 Å². The van der Waals surface area contributed by atoms with Crippen LogP contribution in [0.1, 0.15) is 27.7 Å². The van der Waals surface area contributed by atoms with Crippen LogP contribution in [0.5, 0.6) is 0 Å². The summed E-state index contributed by atoms with van der Waals surface area (Å²) in [4.78, 5) is 0. The summed E-state index contributed by atoms with van der Waals surface area (Å²) in [5.41, 5.74) is 0. The average Bonchev–Trinajstić information content (AvgIpc) is 1.85. The van der Waals surface area contributed by atoms with Crippen molar-refractivity contribution >= 4 is 0 Å². The summed E-state index contributed by atoms with van der Waals surface area (Å²) in [7, 11) is 7.00. The van der Waals surface area contributed by atoms with Gasteiger partial charge in [-0.05, 0) is 27.7 Å². The van der Waals surface area contributed by atoms with Crippen LogP contribution in [0, 0.1) is 0 Å². The Bertz CT molecular complexity index is 51.9. The van der Waals surface area contributed by atoms with Gasteiger partial charge in [0.25, 0.3) is 0 Å². The molecule has 0 aromatic rings. The van der Waals surface area contributed by atoms with Gasteiger partial charge in [-0.3, -0.25) is 0 Å². The molecule has 0 aromatic carbocycles. The molecule has 4 nitrogen and oxygen atoms in total. The van der Waals surface area contributed by atoms with Crippen LogP contribution in [0.4, 0.5) is 0 Å². The summed E-state index contributed by atoms with van der Waals surface area (Å²) in [5.74, 6) is 0. The molecule has 94 valence electrons. The second-order valence-corrected chi connectivity index (χ2v) is 3.08. The smallest absolute Gasteiger partial charge is 0.668 e. The van der Waals surface area contributed by atoms with E-state index in [0.29, 0.717) is 0 Å². The molecule has 0 saturated carbocycles. The summed E-state index contributed by atoms with van der Waals surface area (Å²) in [6.45, 7) is 6.89. The maximum atomic E-state index is 8.06. The third kappa shape index (κ3) is 7470. The second-order valence-electron chi connectivity index (χ2n) is 3.08. The number of hydrogen-bond donors (Lipinski definition) is 2. The number of nitrogens with zero attached hydrogens (tertiary/aromatic N) is 2. The summed E-state index contributed by atoms with van der Waals surface area (Å²) < 4.78 is 0. The SMILES string of the molecule is CC(C)O.CC(C)O.C[N-]C.C[N-]C.[Ti+2]. The molecule has 2 N–H and O–H groups in total. The van der Waals surface area contributed by atoms with Crippen LogP contribution in [0.15, 0.2) is 0 Å². The monoisotopic (exact) mass is 256 g/mol. The number of hydrogen-bond acceptors (Lipinski definition) is 2. The summed E-state index contributed by atoms with van der Waals surface area (Å²) in [5, 5.41) is 23.1. The van der Waals surface area contributed by atoms with E-state index in [9.17, 15) is 0 Å². The molecule has 15 heavy (non-hydrogen) atoms. The van der Waals surface area contributed by atoms with Gasteiger partial charge < -0.3 is 20.8 Å². The Hall–Kier alpha value is 0.554. The Kier molecular flexibility index (Phi) is 72.1. The first-order chi connectivity index (χ1) is 6.29. The molecular formula is C10H28N2O2Ti. The third-order valence-corrected chi connectivity index (χ3v) is 0. The minimum absolute atomic E-state index is 0. The van der Waals surface area contributed by atoms with Crippen LogP contribution in [-0.4, -0.2) is 50.6 Å². The molecule has 0 aromatic heterocycles. The van der Waals surface area contributed by atoms with Crippen molar-refractivity contribution in [1.29, 1.82) is 0 Å². The Balaban J connectivity index is -0.0000000293. The van der Waals surface area contributed by atoms with Crippen LogP contribution >= 0.6 is 0 Å². The molecule has 0 aliphatic heterocycles. The van der Waals surface area contributed by atoms with Gasteiger partial charge in [-0.1, -0.05) is 0 Å². The minimum Gasteiger partial charge on any atom is -0.668 e. The minimum atomic E-state index is -0.167. The molecule has 0 aliphatic rings. The van der Waals surface area contributed by atoms with Crippen LogP contribution in [0.25, 0.3) is 10.6 Å². The maximum absolute atomic E-state index is 8.06. The van der Waals surface area contributed by atoms with Crippen LogP contribution in [-0.2, 0) is 21.7 Å². The zero-order valence-corrected chi connectivity index (χ0v) is 13.0. The zero-order chi connectivity index (χ0) is 12.6. The largest absolute Gasteiger partial charge is 2.00 e. The standard InChI is InChI=1S/2C3H8O.2C2H6N.Ti/c2*1-3(2)4;2*1-3-2;/h2*3-4H,1-2H3;2*1-2H3;/q;;2*-1;+2. The summed E-state index contributed by atoms with van der Waals surface area (Å²) in [6, 6.07) is 0. The molecule has 0 bridgehead atoms. The molecule has 0 rings (SSSR count). The van der Waals surface area contributed by atoms with Gasteiger partial charge in [0.15, 0.2) is 0 Å². The fourth-order valence-electron chi connectivity index (χ4n) is 0. The van der Waals surface area contributed by atoms with Crippen LogP contribution in [0.2, 0.25) is 0 Å². The van der Waals surface area contributed by atoms with E-state index in [4.69, 9.17) is 10.2 Å². The zero-order valence-electron chi connectivity index (χ0n) is 11.4. The maximum Gasteiger partial charge on any atom is 2.00 e. The quantitative estimate of drug-likeness (QED) is 0.651. The first-order valence-electron chi connectivity index (χ1n) is 4.61. The van der Waals surface area contributed by atoms with Crippen molar-refractivity contribution < 1.29 is 31.9 Å². The van der Waals surface area contributed by atoms with Crippen LogP contribution in [0.3, 0.4) is 0 Å². The Morgan fingerprint density at radius 2 is 0.667 bits per heavy atom. The molecule has 0 fully saturated rings. The summed E-state index contributed by atoms with van der Waals surface area (Å²) in [6.07, 6.45) is -0.333. The van der Waals surface area contributed by atoms with Gasteiger partial charge in [0.05, 0.1) is 0 Å². The van der Waals surface area contributed by atoms with Gasteiger partial charge in [0.1, 0.15) is 0 Å². The number of rotatable bonds is 0. The fourth-order valence-corrected chi connectivity index (χ4v) is 0. The van der Waals surface area contributed by atoms with E-state index in [0.717, 1.165) is 0 Å². The van der Waals surface area contributed by atoms with Gasteiger partial charge in [-0.2, -0.15) is 28.2 Å². The molecule has 0 atom stereocenters. The average molecular weight is 256 g/mol. The third-order valence-electron chi connectivity index (χ3n) is 0. The normalized spacial score (nSPS) is 7.20. The topological polar surface area (TPSA) is 68.7 Å². The van der Waals surface area contributed by atoms with E-state index in [1.807, 2.05) is 0 Å². The van der Waals surface area contributed by atoms with Gasteiger partial charge in [-0.15, -0.1) is 0 Å². The van der Waals surface area contributed by atoms with Crippen molar-refractivity contribution in [3.05, 3.63) is 10.6 Å². The van der Waals surface area contributed by atoms with Gasteiger partial charge in [0.2, 0.25) is 0 Å². The van der Waals surface area contributed by atoms with E-state index in [2.05, 4.69) is 10.6 Å². The molecule has 0 radical (unpaired) electrons. The van der Waals surface area contributed by atoms with Crippen molar-refractivity contribution in [3.63, 3.8) is 0 Å². The van der Waals surface area contributed by atoms with Crippen molar-refractivity contribution in [2.45, 2.75) is 39.9 Å². The Morgan fingerprint density at radius 3 is 0.667 bits per heavy atom. The van der Waals surface area contributed by atoms with Crippen molar-refractivity contribution in [3.8, 4) is 0 Å². The van der Waals surface area contributed by atoms with Crippen molar-refractivity contribution in [2.24, 2.45) is 0 Å². The first-order valence-corrected chi connectivity index (χ1v) is 4.61. The molecule has 0 amide bonds. The predicted molar refractivity (Wildman–Crippen MR) is 65.1 cm³/mol. The van der Waals surface area contributed by atoms with Crippen molar-refractivity contribution in [1.82, 2.24) is 0 Å². The molecule has 0 aliphatic carbocycles. The predicted octanol–water partition coefficient (Wildman–Crippen LogP) is 2.01. The fraction of sp³-hybridized carbons (Fsp3) is 1.00. The van der Waals surface area contributed by atoms with E-state index in [-0.39, 0.29) is 33.9 Å². The number of aliphatic hydroxyl groups excluding tert-OH is 2. The van der Waals surface area contributed by atoms with Crippen LogP contribution < -0.4 is 0 Å². The molecular weight excluding hydrogens is 228 g/mol. The molecule has 0 saturated heterocycles. The van der Waals surface area contributed by atoms with Gasteiger partial charge in [0, 0.05) is 12.2 Å². The number of aliphatic hydroxyl groups is 2. The van der Waals surface area contributed by atoms with E-state index < -0.39 is 0 Å².